The Hall–Kier alpha value is -2.53. The third kappa shape index (κ3) is 4.47. The Bertz CT molecular complexity index is 714. The minimum absolute atomic E-state index is 0.401. The number of benzene rings is 2. The average molecular weight is 333 g/mol. The number of nitrogens with one attached hydrogen (secondary N) is 2. The van der Waals surface area contributed by atoms with E-state index in [0.717, 1.165) is 11.3 Å². The summed E-state index contributed by atoms with van der Waals surface area (Å²) in [4.78, 5) is 24.0. The molecule has 0 saturated heterocycles. The first-order chi connectivity index (χ1) is 11.0. The number of hydrogen-bond acceptors (Lipinski definition) is 3. The van der Waals surface area contributed by atoms with Gasteiger partial charge in [-0.1, -0.05) is 11.6 Å². The van der Waals surface area contributed by atoms with Crippen LogP contribution in [0.3, 0.4) is 0 Å². The first kappa shape index (κ1) is 16.8. The topological polar surface area (TPSA) is 67.4 Å². The van der Waals surface area contributed by atoms with E-state index in [1.807, 2.05) is 13.8 Å². The highest BCUT2D eigenvalue weighted by molar-refractivity contribution is 6.30. The minimum atomic E-state index is -0.419. The van der Waals surface area contributed by atoms with Gasteiger partial charge in [-0.2, -0.15) is 0 Å². The van der Waals surface area contributed by atoms with Crippen LogP contribution in [0, 0.1) is 6.92 Å². The summed E-state index contributed by atoms with van der Waals surface area (Å²) in [7, 11) is 0. The van der Waals surface area contributed by atoms with Crippen LogP contribution < -0.4 is 15.6 Å². The van der Waals surface area contributed by atoms with Crippen LogP contribution >= 0.6 is 11.6 Å². The van der Waals surface area contributed by atoms with E-state index in [2.05, 4.69) is 10.9 Å². The van der Waals surface area contributed by atoms with Crippen molar-refractivity contribution in [2.24, 2.45) is 0 Å². The highest BCUT2D eigenvalue weighted by Gasteiger charge is 2.10. The lowest BCUT2D eigenvalue weighted by molar-refractivity contribution is 0.0846. The maximum Gasteiger partial charge on any atom is 0.269 e. The predicted molar refractivity (Wildman–Crippen MR) is 88.7 cm³/mol. The Morgan fingerprint density at radius 3 is 2.13 bits per heavy atom. The van der Waals surface area contributed by atoms with Gasteiger partial charge >= 0.3 is 0 Å². The number of aryl methyl sites for hydroxylation is 1. The number of carbonyl (C=O) groups is 2. The van der Waals surface area contributed by atoms with Crippen LogP contribution in [-0.2, 0) is 0 Å². The summed E-state index contributed by atoms with van der Waals surface area (Å²) < 4.78 is 5.42. The van der Waals surface area contributed by atoms with E-state index >= 15 is 0 Å². The van der Waals surface area contributed by atoms with Crippen LogP contribution in [-0.4, -0.2) is 18.4 Å². The lowest BCUT2D eigenvalue weighted by Crippen LogP contribution is -2.41. The summed E-state index contributed by atoms with van der Waals surface area (Å²) >= 11 is 5.76. The summed E-state index contributed by atoms with van der Waals surface area (Å²) in [6, 6.07) is 11.4. The molecule has 0 atom stereocenters. The highest BCUT2D eigenvalue weighted by Crippen LogP contribution is 2.19. The molecule has 0 aromatic heterocycles. The van der Waals surface area contributed by atoms with Crippen molar-refractivity contribution in [1.82, 2.24) is 10.9 Å². The number of carbonyl (C=O) groups excluding carboxylic acids is 2. The van der Waals surface area contributed by atoms with Crippen molar-refractivity contribution in [3.05, 3.63) is 64.2 Å². The van der Waals surface area contributed by atoms with Gasteiger partial charge in [0.15, 0.2) is 0 Å². The fourth-order valence-corrected chi connectivity index (χ4v) is 2.09. The molecule has 120 valence electrons. The van der Waals surface area contributed by atoms with Crippen molar-refractivity contribution in [2.75, 3.05) is 6.61 Å². The SMILES string of the molecule is CCOc1ccc(C(=O)NNC(=O)c2ccc(Cl)cc2)cc1C. The van der Waals surface area contributed by atoms with Crippen LogP contribution in [0.15, 0.2) is 42.5 Å². The number of hydrogen-bond donors (Lipinski definition) is 2. The van der Waals surface area contributed by atoms with Gasteiger partial charge in [-0.15, -0.1) is 0 Å². The van der Waals surface area contributed by atoms with Crippen molar-refractivity contribution in [1.29, 1.82) is 0 Å². The Morgan fingerprint density at radius 2 is 1.57 bits per heavy atom. The van der Waals surface area contributed by atoms with E-state index in [-0.39, 0.29) is 0 Å². The Morgan fingerprint density at radius 1 is 1.00 bits per heavy atom. The molecule has 0 aliphatic carbocycles. The molecule has 0 aliphatic rings. The standard InChI is InChI=1S/C17H17ClN2O3/c1-3-23-15-9-6-13(10-11(15)2)17(22)20-19-16(21)12-4-7-14(18)8-5-12/h4-10H,3H2,1-2H3,(H,19,21)(H,20,22). The third-order valence-corrected chi connectivity index (χ3v) is 3.38. The lowest BCUT2D eigenvalue weighted by Gasteiger charge is -2.10. The van der Waals surface area contributed by atoms with Crippen molar-refractivity contribution >= 4 is 23.4 Å². The first-order valence-corrected chi connectivity index (χ1v) is 7.48. The van der Waals surface area contributed by atoms with E-state index in [0.29, 0.717) is 22.8 Å². The molecular formula is C17H17ClN2O3. The molecule has 2 aromatic carbocycles. The van der Waals surface area contributed by atoms with E-state index < -0.39 is 11.8 Å². The number of hydrazine groups is 1. The van der Waals surface area contributed by atoms with Gasteiger partial charge in [0.05, 0.1) is 6.61 Å². The molecule has 0 bridgehead atoms. The monoisotopic (exact) mass is 332 g/mol. The van der Waals surface area contributed by atoms with Gasteiger partial charge in [-0.3, -0.25) is 20.4 Å². The largest absolute Gasteiger partial charge is 0.494 e. The van der Waals surface area contributed by atoms with Crippen molar-refractivity contribution in [3.8, 4) is 5.75 Å². The molecule has 0 spiro atoms. The van der Waals surface area contributed by atoms with Crippen LogP contribution in [0.4, 0.5) is 0 Å². The average Bonchev–Trinajstić information content (AvgIpc) is 2.55. The summed E-state index contributed by atoms with van der Waals surface area (Å²) in [6.45, 7) is 4.31. The third-order valence-electron chi connectivity index (χ3n) is 3.13. The molecule has 23 heavy (non-hydrogen) atoms. The smallest absolute Gasteiger partial charge is 0.269 e. The van der Waals surface area contributed by atoms with Gasteiger partial charge in [-0.25, -0.2) is 0 Å². The zero-order valence-corrected chi connectivity index (χ0v) is 13.6. The van der Waals surface area contributed by atoms with E-state index in [4.69, 9.17) is 16.3 Å². The van der Waals surface area contributed by atoms with Crippen molar-refractivity contribution in [3.63, 3.8) is 0 Å². The lowest BCUT2D eigenvalue weighted by atomic mass is 10.1. The van der Waals surface area contributed by atoms with Gasteiger partial charge in [0.25, 0.3) is 11.8 Å². The van der Waals surface area contributed by atoms with Crippen LogP contribution in [0.5, 0.6) is 5.75 Å². The molecule has 0 saturated carbocycles. The molecule has 2 rings (SSSR count). The van der Waals surface area contributed by atoms with E-state index in [1.165, 1.54) is 0 Å². The quantitative estimate of drug-likeness (QED) is 0.845. The second-order valence-electron chi connectivity index (χ2n) is 4.83. The van der Waals surface area contributed by atoms with Crippen molar-refractivity contribution < 1.29 is 14.3 Å². The molecule has 2 aromatic rings. The Kier molecular flexibility index (Phi) is 5.60. The van der Waals surface area contributed by atoms with Crippen LogP contribution in [0.25, 0.3) is 0 Å². The molecule has 0 heterocycles. The first-order valence-electron chi connectivity index (χ1n) is 7.11. The second kappa shape index (κ2) is 7.65. The number of rotatable bonds is 4. The zero-order valence-electron chi connectivity index (χ0n) is 12.9. The van der Waals surface area contributed by atoms with Crippen LogP contribution in [0.2, 0.25) is 5.02 Å². The maximum absolute atomic E-state index is 12.1. The molecular weight excluding hydrogens is 316 g/mol. The predicted octanol–water partition coefficient (Wildman–Crippen LogP) is 3.12. The summed E-state index contributed by atoms with van der Waals surface area (Å²) in [5, 5.41) is 0.537. The summed E-state index contributed by atoms with van der Waals surface area (Å²) in [5.41, 5.74) is 6.43. The molecule has 6 heteroatoms. The molecule has 2 amide bonds. The molecule has 0 aliphatic heterocycles. The zero-order chi connectivity index (χ0) is 16.8. The fourth-order valence-electron chi connectivity index (χ4n) is 1.97. The normalized spacial score (nSPS) is 10.0. The van der Waals surface area contributed by atoms with Gasteiger partial charge in [-0.05, 0) is 61.9 Å². The van der Waals surface area contributed by atoms with Gasteiger partial charge in [0.1, 0.15) is 5.75 Å². The molecule has 0 radical (unpaired) electrons. The molecule has 0 fully saturated rings. The summed E-state index contributed by atoms with van der Waals surface area (Å²) in [6.07, 6.45) is 0. The Balaban J connectivity index is 1.98. The fraction of sp³-hybridized carbons (Fsp3) is 0.176. The molecule has 5 nitrogen and oxygen atoms in total. The summed E-state index contributed by atoms with van der Waals surface area (Å²) in [5.74, 6) is -0.0922. The Labute approximate surface area is 139 Å². The maximum atomic E-state index is 12.1. The van der Waals surface area contributed by atoms with Crippen molar-refractivity contribution in [2.45, 2.75) is 13.8 Å². The van der Waals surface area contributed by atoms with Crippen LogP contribution in [0.1, 0.15) is 33.2 Å². The molecule has 0 unspecified atom stereocenters. The van der Waals surface area contributed by atoms with E-state index in [1.54, 1.807) is 42.5 Å². The van der Waals surface area contributed by atoms with Gasteiger partial charge in [0, 0.05) is 16.1 Å². The number of ether oxygens (including phenoxy) is 1. The van der Waals surface area contributed by atoms with Gasteiger partial charge in [0.2, 0.25) is 0 Å². The number of amides is 2. The second-order valence-corrected chi connectivity index (χ2v) is 5.26. The highest BCUT2D eigenvalue weighted by atomic mass is 35.5. The van der Waals surface area contributed by atoms with E-state index in [9.17, 15) is 9.59 Å². The molecule has 2 N–H and O–H groups in total. The minimum Gasteiger partial charge on any atom is -0.494 e. The number of halogens is 1. The van der Waals surface area contributed by atoms with Gasteiger partial charge < -0.3 is 4.74 Å².